The van der Waals surface area contributed by atoms with Crippen molar-refractivity contribution in [2.45, 2.75) is 0 Å². The summed E-state index contributed by atoms with van der Waals surface area (Å²) < 4.78 is 0. The van der Waals surface area contributed by atoms with Crippen molar-refractivity contribution in [2.75, 3.05) is 0 Å². The van der Waals surface area contributed by atoms with Crippen LogP contribution in [0.5, 0.6) is 0 Å². The average Bonchev–Trinajstić information content (AvgIpc) is 2.26. The second-order valence-electron chi connectivity index (χ2n) is 3.04. The number of carbonyl (C=O) groups excluding carboxylic acids is 1. The van der Waals surface area contributed by atoms with Gasteiger partial charge in [0.15, 0.2) is 5.96 Å². The molecule has 4 nitrogen and oxygen atoms in total. The SMILES string of the molecule is C=CC(=CC(=O)N=C(N)N)c1ccccc1. The van der Waals surface area contributed by atoms with Crippen LogP contribution in [0, 0.1) is 0 Å². The van der Waals surface area contributed by atoms with Gasteiger partial charge in [-0.25, -0.2) is 0 Å². The Morgan fingerprint density at radius 3 is 2.38 bits per heavy atom. The lowest BCUT2D eigenvalue weighted by molar-refractivity contribution is -0.113. The second kappa shape index (κ2) is 5.50. The molecule has 1 rings (SSSR count). The first-order valence-corrected chi connectivity index (χ1v) is 4.66. The van der Waals surface area contributed by atoms with Gasteiger partial charge in [-0.3, -0.25) is 4.79 Å². The van der Waals surface area contributed by atoms with Crippen LogP contribution in [-0.2, 0) is 4.79 Å². The predicted octanol–water partition coefficient (Wildman–Crippen LogP) is 1.06. The standard InChI is InChI=1S/C12H13N3O/c1-2-9(8-11(16)15-12(13)14)10-6-4-3-5-7-10/h2-8H,1H2,(H4,13,14,15,16). The quantitative estimate of drug-likeness (QED) is 0.342. The Labute approximate surface area is 94.0 Å². The summed E-state index contributed by atoms with van der Waals surface area (Å²) in [5, 5.41) is 0. The van der Waals surface area contributed by atoms with E-state index in [1.807, 2.05) is 30.3 Å². The molecule has 4 N–H and O–H groups in total. The molecule has 0 aliphatic heterocycles. The number of nitrogens with two attached hydrogens (primary N) is 2. The monoisotopic (exact) mass is 215 g/mol. The Kier molecular flexibility index (Phi) is 4.03. The molecule has 0 unspecified atom stereocenters. The fraction of sp³-hybridized carbons (Fsp3) is 0. The molecule has 1 aromatic carbocycles. The molecule has 0 fully saturated rings. The van der Waals surface area contributed by atoms with E-state index in [2.05, 4.69) is 11.6 Å². The molecule has 16 heavy (non-hydrogen) atoms. The Morgan fingerprint density at radius 1 is 1.25 bits per heavy atom. The Bertz CT molecular complexity index is 443. The van der Waals surface area contributed by atoms with Gasteiger partial charge in [0.05, 0.1) is 0 Å². The Hall–Kier alpha value is -2.36. The van der Waals surface area contributed by atoms with E-state index >= 15 is 0 Å². The van der Waals surface area contributed by atoms with Crippen LogP contribution < -0.4 is 11.5 Å². The third-order valence-electron chi connectivity index (χ3n) is 1.85. The first-order valence-electron chi connectivity index (χ1n) is 4.66. The highest BCUT2D eigenvalue weighted by atomic mass is 16.1. The van der Waals surface area contributed by atoms with E-state index in [1.54, 1.807) is 6.08 Å². The lowest BCUT2D eigenvalue weighted by atomic mass is 10.1. The number of hydrogen-bond acceptors (Lipinski definition) is 1. The van der Waals surface area contributed by atoms with Gasteiger partial charge in [-0.2, -0.15) is 4.99 Å². The molecule has 0 atom stereocenters. The summed E-state index contributed by atoms with van der Waals surface area (Å²) >= 11 is 0. The number of guanidine groups is 1. The number of aliphatic imine (C=N–C) groups is 1. The molecule has 82 valence electrons. The highest BCUT2D eigenvalue weighted by molar-refractivity contribution is 6.03. The van der Waals surface area contributed by atoms with Crippen molar-refractivity contribution in [2.24, 2.45) is 16.5 Å². The Balaban J connectivity index is 3.00. The normalized spacial score (nSPS) is 10.6. The maximum absolute atomic E-state index is 11.3. The number of hydrogen-bond donors (Lipinski definition) is 2. The molecule has 0 aromatic heterocycles. The molecule has 4 heteroatoms. The van der Waals surface area contributed by atoms with E-state index in [0.29, 0.717) is 5.57 Å². The van der Waals surface area contributed by atoms with Crippen molar-refractivity contribution in [1.29, 1.82) is 0 Å². The van der Waals surface area contributed by atoms with E-state index in [4.69, 9.17) is 11.5 Å². The maximum atomic E-state index is 11.3. The highest BCUT2D eigenvalue weighted by Gasteiger charge is 2.00. The van der Waals surface area contributed by atoms with Crippen LogP contribution >= 0.6 is 0 Å². The van der Waals surface area contributed by atoms with Crippen LogP contribution in [-0.4, -0.2) is 11.9 Å². The van der Waals surface area contributed by atoms with Gasteiger partial charge >= 0.3 is 0 Å². The number of benzene rings is 1. The molecule has 0 saturated carbocycles. The lowest BCUT2D eigenvalue weighted by Gasteiger charge is -2.00. The third kappa shape index (κ3) is 3.42. The van der Waals surface area contributed by atoms with Crippen LogP contribution in [0.25, 0.3) is 5.57 Å². The van der Waals surface area contributed by atoms with Gasteiger partial charge in [0.1, 0.15) is 0 Å². The number of carbonyl (C=O) groups is 1. The zero-order valence-corrected chi connectivity index (χ0v) is 8.76. The summed E-state index contributed by atoms with van der Waals surface area (Å²) in [7, 11) is 0. The van der Waals surface area contributed by atoms with E-state index < -0.39 is 5.91 Å². The molecule has 0 spiro atoms. The van der Waals surface area contributed by atoms with Crippen LogP contribution in [0.2, 0.25) is 0 Å². The lowest BCUT2D eigenvalue weighted by Crippen LogP contribution is -2.23. The van der Waals surface area contributed by atoms with Crippen molar-refractivity contribution >= 4 is 17.4 Å². The molecule has 0 heterocycles. The number of nitrogens with zero attached hydrogens (tertiary/aromatic N) is 1. The largest absolute Gasteiger partial charge is 0.370 e. The minimum Gasteiger partial charge on any atom is -0.370 e. The first kappa shape index (κ1) is 11.7. The van der Waals surface area contributed by atoms with Crippen molar-refractivity contribution in [1.82, 2.24) is 0 Å². The number of amides is 1. The second-order valence-corrected chi connectivity index (χ2v) is 3.04. The summed E-state index contributed by atoms with van der Waals surface area (Å²) in [4.78, 5) is 14.7. The van der Waals surface area contributed by atoms with Crippen molar-refractivity contribution < 1.29 is 4.79 Å². The molecule has 0 saturated heterocycles. The van der Waals surface area contributed by atoms with Gasteiger partial charge < -0.3 is 11.5 Å². The van der Waals surface area contributed by atoms with Gasteiger partial charge in [0.25, 0.3) is 5.91 Å². The van der Waals surface area contributed by atoms with E-state index in [1.165, 1.54) is 6.08 Å². The molecular formula is C12H13N3O. The van der Waals surface area contributed by atoms with Crippen LogP contribution in [0.4, 0.5) is 0 Å². The summed E-state index contributed by atoms with van der Waals surface area (Å²) in [5.74, 6) is -0.753. The molecule has 1 amide bonds. The number of rotatable bonds is 3. The fourth-order valence-corrected chi connectivity index (χ4v) is 1.18. The Morgan fingerprint density at radius 2 is 1.88 bits per heavy atom. The van der Waals surface area contributed by atoms with Crippen molar-refractivity contribution in [3.8, 4) is 0 Å². The molecule has 1 aromatic rings. The van der Waals surface area contributed by atoms with Crippen molar-refractivity contribution in [3.63, 3.8) is 0 Å². The van der Waals surface area contributed by atoms with Crippen LogP contribution in [0.1, 0.15) is 5.56 Å². The van der Waals surface area contributed by atoms with E-state index in [9.17, 15) is 4.79 Å². The van der Waals surface area contributed by atoms with E-state index in [-0.39, 0.29) is 5.96 Å². The molecule has 0 aliphatic carbocycles. The summed E-state index contributed by atoms with van der Waals surface area (Å²) in [6.07, 6.45) is 2.91. The zero-order chi connectivity index (χ0) is 12.0. The minimum absolute atomic E-state index is 0.252. The smallest absolute Gasteiger partial charge is 0.273 e. The average molecular weight is 215 g/mol. The fourth-order valence-electron chi connectivity index (χ4n) is 1.18. The summed E-state index contributed by atoms with van der Waals surface area (Å²) in [6.45, 7) is 3.64. The van der Waals surface area contributed by atoms with Gasteiger partial charge in [-0.1, -0.05) is 43.0 Å². The first-order chi connectivity index (χ1) is 7.63. The molecular weight excluding hydrogens is 202 g/mol. The minimum atomic E-state index is -0.501. The number of allylic oxidation sites excluding steroid dienone is 2. The van der Waals surface area contributed by atoms with Gasteiger partial charge in [-0.05, 0) is 11.1 Å². The zero-order valence-electron chi connectivity index (χ0n) is 8.76. The maximum Gasteiger partial charge on any atom is 0.273 e. The summed E-state index contributed by atoms with van der Waals surface area (Å²) in [5.41, 5.74) is 11.8. The third-order valence-corrected chi connectivity index (χ3v) is 1.85. The van der Waals surface area contributed by atoms with Gasteiger partial charge in [0, 0.05) is 6.08 Å². The van der Waals surface area contributed by atoms with Crippen molar-refractivity contribution in [3.05, 3.63) is 54.6 Å². The van der Waals surface area contributed by atoms with Crippen LogP contribution in [0.3, 0.4) is 0 Å². The topological polar surface area (TPSA) is 81.5 Å². The van der Waals surface area contributed by atoms with Crippen LogP contribution in [0.15, 0.2) is 54.1 Å². The predicted molar refractivity (Wildman–Crippen MR) is 65.4 cm³/mol. The molecule has 0 aliphatic rings. The van der Waals surface area contributed by atoms with Gasteiger partial charge in [0.2, 0.25) is 0 Å². The highest BCUT2D eigenvalue weighted by Crippen LogP contribution is 2.14. The van der Waals surface area contributed by atoms with E-state index in [0.717, 1.165) is 5.56 Å². The molecule has 0 bridgehead atoms. The van der Waals surface area contributed by atoms with Gasteiger partial charge in [-0.15, -0.1) is 0 Å². The molecule has 0 radical (unpaired) electrons. The summed E-state index contributed by atoms with van der Waals surface area (Å²) in [6, 6.07) is 9.38.